The number of rotatable bonds is 5. The van der Waals surface area contributed by atoms with Crippen LogP contribution < -0.4 is 10.3 Å². The van der Waals surface area contributed by atoms with Gasteiger partial charge in [-0.05, 0) is 17.7 Å². The molecule has 0 unspecified atom stereocenters. The molecule has 7 nitrogen and oxygen atoms in total. The molecule has 2 aromatic carbocycles. The summed E-state index contributed by atoms with van der Waals surface area (Å²) in [6.07, 6.45) is 2.69. The topological polar surface area (TPSA) is 79.6 Å². The second-order valence-corrected chi connectivity index (χ2v) is 7.86. The van der Waals surface area contributed by atoms with Crippen molar-refractivity contribution in [2.45, 2.75) is 18.9 Å². The fourth-order valence-corrected chi connectivity index (χ4v) is 3.59. The van der Waals surface area contributed by atoms with Gasteiger partial charge in [-0.3, -0.25) is 9.59 Å². The van der Waals surface area contributed by atoms with Crippen LogP contribution in [0.1, 0.15) is 30.3 Å². The van der Waals surface area contributed by atoms with Crippen molar-refractivity contribution in [1.29, 1.82) is 0 Å². The van der Waals surface area contributed by atoms with E-state index in [1.165, 1.54) is 6.20 Å². The van der Waals surface area contributed by atoms with E-state index in [1.807, 2.05) is 0 Å². The molecule has 12 heteroatoms. The fraction of sp³-hybridized carbons (Fsp3) is 0.182. The quantitative estimate of drug-likeness (QED) is 0.431. The Kier molecular flexibility index (Phi) is 6.38. The first kappa shape index (κ1) is 23.4. The lowest BCUT2D eigenvalue weighted by Crippen LogP contribution is -2.41. The Labute approximate surface area is 195 Å². The normalized spacial score (nSPS) is 14.7. The molecule has 1 atom stereocenters. The first-order valence-corrected chi connectivity index (χ1v) is 10.3. The predicted octanol–water partition coefficient (Wildman–Crippen LogP) is 4.02. The highest BCUT2D eigenvalue weighted by Gasteiger charge is 2.33. The van der Waals surface area contributed by atoms with Gasteiger partial charge in [0.2, 0.25) is 5.91 Å². The number of hydrogen-bond acceptors (Lipinski definition) is 4. The average Bonchev–Trinajstić information content (AvgIpc) is 3.23. The third kappa shape index (κ3) is 4.38. The van der Waals surface area contributed by atoms with Crippen LogP contribution in [0.5, 0.6) is 0 Å². The third-order valence-corrected chi connectivity index (χ3v) is 5.44. The van der Waals surface area contributed by atoms with Crippen LogP contribution in [-0.4, -0.2) is 27.1 Å². The van der Waals surface area contributed by atoms with Crippen LogP contribution in [0, 0.1) is 23.3 Å². The van der Waals surface area contributed by atoms with Gasteiger partial charge in [-0.1, -0.05) is 23.7 Å². The van der Waals surface area contributed by atoms with Gasteiger partial charge < -0.3 is 9.88 Å². The van der Waals surface area contributed by atoms with E-state index in [1.54, 1.807) is 42.1 Å². The molecular weight excluding hydrogens is 478 g/mol. The summed E-state index contributed by atoms with van der Waals surface area (Å²) in [4.78, 5) is 29.6. The van der Waals surface area contributed by atoms with Gasteiger partial charge in [0, 0.05) is 43.4 Å². The number of hydrazone groups is 1. The molecule has 2 heterocycles. The zero-order chi connectivity index (χ0) is 24.6. The number of imidazole rings is 1. The van der Waals surface area contributed by atoms with Crippen molar-refractivity contribution >= 4 is 34.8 Å². The van der Waals surface area contributed by atoms with Gasteiger partial charge in [0.1, 0.15) is 23.3 Å². The van der Waals surface area contributed by atoms with Crippen LogP contribution in [0.4, 0.5) is 23.2 Å². The Hall–Kier alpha value is -3.73. The van der Waals surface area contributed by atoms with Gasteiger partial charge in [-0.25, -0.2) is 22.5 Å². The van der Waals surface area contributed by atoms with Crippen LogP contribution in [-0.2, 0) is 16.6 Å². The van der Waals surface area contributed by atoms with Gasteiger partial charge >= 0.3 is 0 Å². The SMILES string of the molecule is Cn1ccnc1[C@H](NC(=O)C1=NN(c2c(F)c(F)cc(F)c2F)C(=O)CC1)c1ccc(Cl)cc1. The second-order valence-electron chi connectivity index (χ2n) is 7.42. The minimum atomic E-state index is -1.80. The van der Waals surface area contributed by atoms with Crippen molar-refractivity contribution in [3.63, 3.8) is 0 Å². The van der Waals surface area contributed by atoms with Crippen molar-refractivity contribution in [2.75, 3.05) is 5.01 Å². The molecular formula is C22H16ClF4N5O2. The number of hydrogen-bond donors (Lipinski definition) is 1. The first-order valence-electron chi connectivity index (χ1n) is 9.94. The van der Waals surface area contributed by atoms with E-state index in [-0.39, 0.29) is 29.6 Å². The number of halogens is 5. The second kappa shape index (κ2) is 9.26. The molecule has 0 saturated carbocycles. The summed E-state index contributed by atoms with van der Waals surface area (Å²) in [6.45, 7) is 0. The molecule has 1 N–H and O–H groups in total. The van der Waals surface area contributed by atoms with Crippen molar-refractivity contribution in [2.24, 2.45) is 12.1 Å². The molecule has 0 spiro atoms. The predicted molar refractivity (Wildman–Crippen MR) is 115 cm³/mol. The molecule has 1 aliphatic rings. The molecule has 0 aliphatic carbocycles. The lowest BCUT2D eigenvalue weighted by atomic mass is 10.0. The zero-order valence-corrected chi connectivity index (χ0v) is 18.3. The number of nitrogens with zero attached hydrogens (tertiary/aromatic N) is 4. The summed E-state index contributed by atoms with van der Waals surface area (Å²) in [5, 5.41) is 7.11. The summed E-state index contributed by atoms with van der Waals surface area (Å²) in [6, 6.07) is 5.87. The lowest BCUT2D eigenvalue weighted by Gasteiger charge is -2.25. The monoisotopic (exact) mass is 493 g/mol. The minimum absolute atomic E-state index is 0.0174. The summed E-state index contributed by atoms with van der Waals surface area (Å²) >= 11 is 5.96. The molecule has 34 heavy (non-hydrogen) atoms. The molecule has 0 bridgehead atoms. The summed E-state index contributed by atoms with van der Waals surface area (Å²) in [7, 11) is 1.72. The van der Waals surface area contributed by atoms with E-state index in [4.69, 9.17) is 11.6 Å². The van der Waals surface area contributed by atoms with Gasteiger partial charge in [0.05, 0.1) is 0 Å². The van der Waals surface area contributed by atoms with Crippen LogP contribution in [0.15, 0.2) is 47.8 Å². The highest BCUT2D eigenvalue weighted by atomic mass is 35.5. The van der Waals surface area contributed by atoms with Crippen molar-refractivity contribution < 1.29 is 27.2 Å². The molecule has 3 aromatic rings. The highest BCUT2D eigenvalue weighted by molar-refractivity contribution is 6.40. The Balaban J connectivity index is 1.70. The first-order chi connectivity index (χ1) is 16.2. The maximum Gasteiger partial charge on any atom is 0.268 e. The van der Waals surface area contributed by atoms with E-state index in [2.05, 4.69) is 15.4 Å². The molecule has 0 radical (unpaired) electrons. The average molecular weight is 494 g/mol. The summed E-state index contributed by atoms with van der Waals surface area (Å²) in [5.41, 5.74) is -0.970. The van der Waals surface area contributed by atoms with E-state index in [0.717, 1.165) is 0 Å². The summed E-state index contributed by atoms with van der Waals surface area (Å²) in [5.74, 6) is -8.24. The Morgan fingerprint density at radius 1 is 1.09 bits per heavy atom. The number of aryl methyl sites for hydroxylation is 1. The van der Waals surface area contributed by atoms with Gasteiger partial charge in [0.25, 0.3) is 5.91 Å². The number of carbonyl (C=O) groups is 2. The van der Waals surface area contributed by atoms with Gasteiger partial charge in [0.15, 0.2) is 23.3 Å². The van der Waals surface area contributed by atoms with Crippen LogP contribution in [0.3, 0.4) is 0 Å². The van der Waals surface area contributed by atoms with Crippen molar-refractivity contribution in [3.8, 4) is 0 Å². The van der Waals surface area contributed by atoms with Crippen molar-refractivity contribution in [1.82, 2.24) is 14.9 Å². The number of amides is 2. The molecule has 176 valence electrons. The van der Waals surface area contributed by atoms with Crippen LogP contribution in [0.2, 0.25) is 5.02 Å². The lowest BCUT2D eigenvalue weighted by molar-refractivity contribution is -0.119. The van der Waals surface area contributed by atoms with Crippen LogP contribution in [0.25, 0.3) is 0 Å². The summed E-state index contributed by atoms with van der Waals surface area (Å²) < 4.78 is 57.5. The number of nitrogens with one attached hydrogen (secondary N) is 1. The Bertz CT molecular complexity index is 1280. The minimum Gasteiger partial charge on any atom is -0.337 e. The number of carbonyl (C=O) groups excluding carboxylic acids is 2. The van der Waals surface area contributed by atoms with E-state index in [0.29, 0.717) is 16.4 Å². The largest absolute Gasteiger partial charge is 0.337 e. The van der Waals surface area contributed by atoms with Gasteiger partial charge in [-0.2, -0.15) is 10.1 Å². The standard InChI is InChI=1S/C22H16ClF4N5O2/c1-31-9-8-28-21(31)19(11-2-4-12(23)5-3-11)29-22(34)15-6-7-16(33)32(30-15)20-17(26)13(24)10-14(25)18(20)27/h2-5,8-10,19H,6-7H2,1H3,(H,29,34)/t19-/m1/s1. The number of benzene rings is 2. The third-order valence-electron chi connectivity index (χ3n) is 5.19. The maximum atomic E-state index is 14.3. The van der Waals surface area contributed by atoms with E-state index < -0.39 is 46.8 Å². The van der Waals surface area contributed by atoms with E-state index >= 15 is 0 Å². The molecule has 1 aliphatic heterocycles. The Morgan fingerprint density at radius 2 is 1.74 bits per heavy atom. The molecule has 0 saturated heterocycles. The fourth-order valence-electron chi connectivity index (χ4n) is 3.46. The number of aromatic nitrogens is 2. The molecule has 1 aromatic heterocycles. The Morgan fingerprint density at radius 3 is 2.32 bits per heavy atom. The van der Waals surface area contributed by atoms with Crippen LogP contribution >= 0.6 is 11.6 Å². The highest BCUT2D eigenvalue weighted by Crippen LogP contribution is 2.31. The molecule has 0 fully saturated rings. The smallest absolute Gasteiger partial charge is 0.268 e. The van der Waals surface area contributed by atoms with Gasteiger partial charge in [-0.15, -0.1) is 0 Å². The number of anilines is 1. The molecule has 2 amide bonds. The van der Waals surface area contributed by atoms with Crippen molar-refractivity contribution in [3.05, 3.63) is 82.4 Å². The maximum absolute atomic E-state index is 14.3. The zero-order valence-electron chi connectivity index (χ0n) is 17.5. The van der Waals surface area contributed by atoms with E-state index in [9.17, 15) is 27.2 Å². The molecule has 4 rings (SSSR count).